The van der Waals surface area contributed by atoms with Crippen molar-refractivity contribution >= 4 is 5.96 Å². The summed E-state index contributed by atoms with van der Waals surface area (Å²) < 4.78 is 0. The third kappa shape index (κ3) is 2.04. The van der Waals surface area contributed by atoms with Crippen molar-refractivity contribution in [2.45, 2.75) is 27.7 Å². The summed E-state index contributed by atoms with van der Waals surface area (Å²) in [6, 6.07) is 0. The second kappa shape index (κ2) is 3.94. The summed E-state index contributed by atoms with van der Waals surface area (Å²) in [5, 5.41) is 0. The summed E-state index contributed by atoms with van der Waals surface area (Å²) in [5.41, 5.74) is 0.862. The Labute approximate surface area is 101 Å². The van der Waals surface area contributed by atoms with Crippen LogP contribution in [-0.4, -0.2) is 50.5 Å². The molecule has 0 unspecified atom stereocenters. The molecule has 1 aliphatic carbocycles. The zero-order chi connectivity index (χ0) is 12.7. The molecule has 1 rings (SSSR count). The van der Waals surface area contributed by atoms with E-state index in [1.807, 2.05) is 28.2 Å². The zero-order valence-corrected chi connectivity index (χ0v) is 12.1. The Morgan fingerprint density at radius 2 is 1.31 bits per heavy atom. The number of nitrogens with zero attached hydrogens (tertiary/aromatic N) is 3. The number of aliphatic imine (C=N–C) groups is 1. The second-order valence-electron chi connectivity index (χ2n) is 6.43. The third-order valence-electron chi connectivity index (χ3n) is 4.53. The first kappa shape index (κ1) is 13.3. The topological polar surface area (TPSA) is 18.8 Å². The van der Waals surface area contributed by atoms with Gasteiger partial charge in [0.15, 0.2) is 5.96 Å². The summed E-state index contributed by atoms with van der Waals surface area (Å²) in [6.07, 6.45) is 0. The van der Waals surface area contributed by atoms with E-state index in [4.69, 9.17) is 4.99 Å². The molecular weight excluding hydrogens is 198 g/mol. The highest BCUT2D eigenvalue weighted by molar-refractivity contribution is 5.79. The van der Waals surface area contributed by atoms with Crippen LogP contribution in [0.25, 0.3) is 0 Å². The van der Waals surface area contributed by atoms with Gasteiger partial charge in [-0.2, -0.15) is 0 Å². The van der Waals surface area contributed by atoms with Crippen molar-refractivity contribution in [2.24, 2.45) is 21.7 Å². The molecule has 0 atom stereocenters. The molecule has 0 radical (unpaired) electrons. The quantitative estimate of drug-likeness (QED) is 0.530. The number of rotatable bonds is 2. The molecule has 1 fully saturated rings. The molecule has 0 aromatic carbocycles. The van der Waals surface area contributed by atoms with Gasteiger partial charge in [0.2, 0.25) is 0 Å². The van der Waals surface area contributed by atoms with Gasteiger partial charge in [-0.3, -0.25) is 4.99 Å². The fourth-order valence-electron chi connectivity index (χ4n) is 2.65. The molecule has 0 bridgehead atoms. The average molecular weight is 225 g/mol. The van der Waals surface area contributed by atoms with E-state index in [1.54, 1.807) is 0 Å². The molecule has 3 heteroatoms. The minimum atomic E-state index is 0.431. The predicted octanol–water partition coefficient (Wildman–Crippen LogP) is 2.15. The molecule has 0 aliphatic heterocycles. The van der Waals surface area contributed by atoms with Crippen molar-refractivity contribution in [1.82, 2.24) is 9.80 Å². The van der Waals surface area contributed by atoms with Gasteiger partial charge in [0, 0.05) is 34.7 Å². The third-order valence-corrected chi connectivity index (χ3v) is 4.53. The van der Waals surface area contributed by atoms with Crippen molar-refractivity contribution in [1.29, 1.82) is 0 Å². The van der Waals surface area contributed by atoms with E-state index in [2.05, 4.69) is 37.5 Å². The normalized spacial score (nSPS) is 21.5. The molecule has 1 aliphatic rings. The van der Waals surface area contributed by atoms with Gasteiger partial charge in [-0.1, -0.05) is 27.7 Å². The first-order valence-electron chi connectivity index (χ1n) is 6.01. The van der Waals surface area contributed by atoms with Gasteiger partial charge in [0.05, 0.1) is 0 Å². The summed E-state index contributed by atoms with van der Waals surface area (Å²) in [6.45, 7) is 10.3. The minimum Gasteiger partial charge on any atom is -0.349 e. The van der Waals surface area contributed by atoms with Crippen LogP contribution >= 0.6 is 0 Å². The van der Waals surface area contributed by atoms with Crippen molar-refractivity contribution in [3.8, 4) is 0 Å². The standard InChI is InChI=1S/C13H27N3/c1-12(2)10(13(12,3)4)9-14-11(15(5)6)16(7)8/h10H,9H2,1-8H3. The number of guanidine groups is 1. The highest BCUT2D eigenvalue weighted by Gasteiger charge is 2.64. The molecule has 0 spiro atoms. The van der Waals surface area contributed by atoms with Crippen LogP contribution in [0.5, 0.6) is 0 Å². The van der Waals surface area contributed by atoms with Crippen molar-refractivity contribution in [2.75, 3.05) is 34.7 Å². The van der Waals surface area contributed by atoms with Gasteiger partial charge in [0.1, 0.15) is 0 Å². The number of hydrogen-bond acceptors (Lipinski definition) is 1. The Morgan fingerprint density at radius 1 is 0.938 bits per heavy atom. The van der Waals surface area contributed by atoms with Gasteiger partial charge in [-0.15, -0.1) is 0 Å². The lowest BCUT2D eigenvalue weighted by molar-refractivity contribution is 0.457. The van der Waals surface area contributed by atoms with Crippen LogP contribution in [0.15, 0.2) is 4.99 Å². The molecule has 0 heterocycles. The van der Waals surface area contributed by atoms with Crippen LogP contribution < -0.4 is 0 Å². The van der Waals surface area contributed by atoms with Crippen molar-refractivity contribution in [3.05, 3.63) is 0 Å². The first-order valence-corrected chi connectivity index (χ1v) is 6.01. The molecule has 3 nitrogen and oxygen atoms in total. The number of hydrogen-bond donors (Lipinski definition) is 0. The maximum absolute atomic E-state index is 4.74. The summed E-state index contributed by atoms with van der Waals surface area (Å²) in [4.78, 5) is 8.89. The zero-order valence-electron chi connectivity index (χ0n) is 12.1. The van der Waals surface area contributed by atoms with Gasteiger partial charge in [-0.05, 0) is 16.7 Å². The van der Waals surface area contributed by atoms with Crippen LogP contribution in [0.2, 0.25) is 0 Å². The Hall–Kier alpha value is -0.730. The smallest absolute Gasteiger partial charge is 0.195 e. The molecule has 94 valence electrons. The van der Waals surface area contributed by atoms with Crippen LogP contribution in [0.3, 0.4) is 0 Å². The molecule has 16 heavy (non-hydrogen) atoms. The fourth-order valence-corrected chi connectivity index (χ4v) is 2.65. The van der Waals surface area contributed by atoms with Gasteiger partial charge < -0.3 is 9.80 Å². The molecule has 0 amide bonds. The van der Waals surface area contributed by atoms with Crippen LogP contribution in [0.4, 0.5) is 0 Å². The van der Waals surface area contributed by atoms with Crippen LogP contribution in [0, 0.1) is 16.7 Å². The Bertz CT molecular complexity index is 264. The fraction of sp³-hybridized carbons (Fsp3) is 0.923. The maximum atomic E-state index is 4.74. The average Bonchev–Trinajstić information content (AvgIpc) is 2.45. The lowest BCUT2D eigenvalue weighted by Gasteiger charge is -2.22. The van der Waals surface area contributed by atoms with Gasteiger partial charge in [0.25, 0.3) is 0 Å². The molecule has 0 aromatic heterocycles. The van der Waals surface area contributed by atoms with Crippen molar-refractivity contribution < 1.29 is 0 Å². The minimum absolute atomic E-state index is 0.431. The van der Waals surface area contributed by atoms with E-state index >= 15 is 0 Å². The second-order valence-corrected chi connectivity index (χ2v) is 6.43. The molecule has 1 saturated carbocycles. The largest absolute Gasteiger partial charge is 0.349 e. The Balaban J connectivity index is 2.67. The van der Waals surface area contributed by atoms with Crippen molar-refractivity contribution in [3.63, 3.8) is 0 Å². The maximum Gasteiger partial charge on any atom is 0.195 e. The van der Waals surface area contributed by atoms with Gasteiger partial charge >= 0.3 is 0 Å². The highest BCUT2D eigenvalue weighted by atomic mass is 15.3. The Kier molecular flexibility index (Phi) is 3.28. The van der Waals surface area contributed by atoms with Crippen LogP contribution in [0.1, 0.15) is 27.7 Å². The van der Waals surface area contributed by atoms with Crippen LogP contribution in [-0.2, 0) is 0 Å². The highest BCUT2D eigenvalue weighted by Crippen LogP contribution is 2.68. The summed E-state index contributed by atoms with van der Waals surface area (Å²) in [5.74, 6) is 1.76. The Morgan fingerprint density at radius 3 is 1.56 bits per heavy atom. The van der Waals surface area contributed by atoms with Gasteiger partial charge in [-0.25, -0.2) is 0 Å². The van der Waals surface area contributed by atoms with E-state index in [1.165, 1.54) is 0 Å². The monoisotopic (exact) mass is 225 g/mol. The van der Waals surface area contributed by atoms with E-state index in [0.29, 0.717) is 16.7 Å². The lowest BCUT2D eigenvalue weighted by atomic mass is 10.0. The SMILES string of the molecule is CN(C)C(=NCC1C(C)(C)C1(C)C)N(C)C. The van der Waals surface area contributed by atoms with E-state index in [9.17, 15) is 0 Å². The summed E-state index contributed by atoms with van der Waals surface area (Å²) in [7, 11) is 8.17. The lowest BCUT2D eigenvalue weighted by Crippen LogP contribution is -2.35. The van der Waals surface area contributed by atoms with E-state index in [-0.39, 0.29) is 0 Å². The van der Waals surface area contributed by atoms with E-state index in [0.717, 1.165) is 12.5 Å². The van der Waals surface area contributed by atoms with E-state index < -0.39 is 0 Å². The summed E-state index contributed by atoms with van der Waals surface area (Å²) >= 11 is 0. The predicted molar refractivity (Wildman–Crippen MR) is 70.7 cm³/mol. The molecular formula is C13H27N3. The molecule has 0 aromatic rings. The molecule has 0 saturated heterocycles. The molecule has 0 N–H and O–H groups in total. The first-order chi connectivity index (χ1) is 7.12.